The number of hydrogen-bond donors (Lipinski definition) is 0. The molecule has 0 aliphatic rings. The smallest absolute Gasteiger partial charge is 0.0789 e. The standard InChI is InChI=1S/C13H6Cl4N2/c14-9-5-8(6-19-12(9)1-2-18)7-3-10(15)13(17)11(16)4-7/h3-6H,1H2. The molecule has 2 nitrogen and oxygen atoms in total. The Labute approximate surface area is 130 Å². The van der Waals surface area contributed by atoms with E-state index in [4.69, 9.17) is 51.7 Å². The van der Waals surface area contributed by atoms with E-state index in [0.717, 1.165) is 11.1 Å². The Hall–Kier alpha value is -0.980. The molecule has 0 amide bonds. The van der Waals surface area contributed by atoms with Crippen molar-refractivity contribution in [1.29, 1.82) is 5.26 Å². The first kappa shape index (κ1) is 14.4. The highest BCUT2D eigenvalue weighted by molar-refractivity contribution is 6.48. The van der Waals surface area contributed by atoms with Gasteiger partial charge < -0.3 is 0 Å². The minimum absolute atomic E-state index is 0.168. The van der Waals surface area contributed by atoms with Crippen LogP contribution in [0.15, 0.2) is 24.4 Å². The molecule has 0 bridgehead atoms. The number of halogens is 4. The zero-order chi connectivity index (χ0) is 14.0. The van der Waals surface area contributed by atoms with Gasteiger partial charge in [0.15, 0.2) is 0 Å². The second-order valence-electron chi connectivity index (χ2n) is 3.74. The maximum Gasteiger partial charge on any atom is 0.0789 e. The van der Waals surface area contributed by atoms with E-state index in [-0.39, 0.29) is 6.42 Å². The molecule has 2 rings (SSSR count). The lowest BCUT2D eigenvalue weighted by atomic mass is 10.1. The zero-order valence-electron chi connectivity index (χ0n) is 9.42. The number of nitriles is 1. The van der Waals surface area contributed by atoms with Crippen LogP contribution in [0.3, 0.4) is 0 Å². The van der Waals surface area contributed by atoms with Gasteiger partial charge in [-0.05, 0) is 23.8 Å². The summed E-state index contributed by atoms with van der Waals surface area (Å²) in [6.07, 6.45) is 1.79. The monoisotopic (exact) mass is 330 g/mol. The van der Waals surface area contributed by atoms with Gasteiger partial charge in [0.2, 0.25) is 0 Å². The molecule has 2 aromatic rings. The van der Waals surface area contributed by atoms with E-state index in [1.165, 1.54) is 0 Å². The van der Waals surface area contributed by atoms with Gasteiger partial charge in [-0.3, -0.25) is 4.98 Å². The summed E-state index contributed by atoms with van der Waals surface area (Å²) in [6, 6.07) is 7.10. The highest BCUT2D eigenvalue weighted by atomic mass is 35.5. The lowest BCUT2D eigenvalue weighted by Gasteiger charge is -2.07. The number of nitrogens with zero attached hydrogens (tertiary/aromatic N) is 2. The van der Waals surface area contributed by atoms with Crippen molar-refractivity contribution < 1.29 is 0 Å². The Kier molecular flexibility index (Phi) is 4.54. The van der Waals surface area contributed by atoms with Gasteiger partial charge in [-0.25, -0.2) is 0 Å². The largest absolute Gasteiger partial charge is 0.258 e. The third-order valence-corrected chi connectivity index (χ3v) is 4.01. The van der Waals surface area contributed by atoms with Crippen molar-refractivity contribution in [3.8, 4) is 17.2 Å². The molecule has 0 saturated heterocycles. The Morgan fingerprint density at radius 1 is 0.947 bits per heavy atom. The van der Waals surface area contributed by atoms with Gasteiger partial charge in [0.05, 0.1) is 38.3 Å². The lowest BCUT2D eigenvalue weighted by molar-refractivity contribution is 1.12. The summed E-state index contributed by atoms with van der Waals surface area (Å²) in [5.74, 6) is 0. The number of rotatable bonds is 2. The number of pyridine rings is 1. The number of aromatic nitrogens is 1. The minimum Gasteiger partial charge on any atom is -0.258 e. The third kappa shape index (κ3) is 3.13. The number of benzene rings is 1. The fourth-order valence-corrected chi connectivity index (χ4v) is 2.38. The molecule has 0 fully saturated rings. The first-order valence-electron chi connectivity index (χ1n) is 5.19. The molecule has 96 valence electrons. The van der Waals surface area contributed by atoms with E-state index in [0.29, 0.717) is 25.8 Å². The van der Waals surface area contributed by atoms with Crippen LogP contribution in [0, 0.1) is 11.3 Å². The van der Waals surface area contributed by atoms with Crippen LogP contribution in [0.2, 0.25) is 20.1 Å². The van der Waals surface area contributed by atoms with Crippen LogP contribution in [-0.2, 0) is 6.42 Å². The van der Waals surface area contributed by atoms with Crippen LogP contribution >= 0.6 is 46.4 Å². The Morgan fingerprint density at radius 3 is 2.05 bits per heavy atom. The fourth-order valence-electron chi connectivity index (χ4n) is 1.55. The lowest BCUT2D eigenvalue weighted by Crippen LogP contribution is -1.91. The first-order chi connectivity index (χ1) is 9.02. The van der Waals surface area contributed by atoms with E-state index in [1.807, 2.05) is 6.07 Å². The molecule has 0 aliphatic carbocycles. The van der Waals surface area contributed by atoms with Gasteiger partial charge >= 0.3 is 0 Å². The van der Waals surface area contributed by atoms with Crippen molar-refractivity contribution in [2.45, 2.75) is 6.42 Å². The fraction of sp³-hybridized carbons (Fsp3) is 0.0769. The predicted octanol–water partition coefficient (Wildman–Crippen LogP) is 5.43. The van der Waals surface area contributed by atoms with Crippen LogP contribution in [-0.4, -0.2) is 4.98 Å². The average Bonchev–Trinajstić information content (AvgIpc) is 2.38. The summed E-state index contributed by atoms with van der Waals surface area (Å²) in [7, 11) is 0. The minimum atomic E-state index is 0.168. The van der Waals surface area contributed by atoms with Crippen molar-refractivity contribution in [2.24, 2.45) is 0 Å². The molecule has 0 atom stereocenters. The summed E-state index contributed by atoms with van der Waals surface area (Å²) >= 11 is 23.9. The van der Waals surface area contributed by atoms with E-state index >= 15 is 0 Å². The maximum absolute atomic E-state index is 8.64. The van der Waals surface area contributed by atoms with E-state index < -0.39 is 0 Å². The molecule has 19 heavy (non-hydrogen) atoms. The van der Waals surface area contributed by atoms with Gasteiger partial charge in [-0.15, -0.1) is 0 Å². The number of hydrogen-bond acceptors (Lipinski definition) is 2. The first-order valence-corrected chi connectivity index (χ1v) is 6.70. The summed E-state index contributed by atoms with van der Waals surface area (Å²) in [4.78, 5) is 4.15. The van der Waals surface area contributed by atoms with Crippen molar-refractivity contribution >= 4 is 46.4 Å². The molecule has 0 N–H and O–H groups in total. The van der Waals surface area contributed by atoms with Crippen molar-refractivity contribution in [3.05, 3.63) is 50.2 Å². The van der Waals surface area contributed by atoms with Crippen LogP contribution in [0.4, 0.5) is 0 Å². The summed E-state index contributed by atoms with van der Waals surface area (Å²) in [5.41, 5.74) is 2.06. The molecule has 0 spiro atoms. The molecule has 1 aromatic heterocycles. The predicted molar refractivity (Wildman–Crippen MR) is 79.0 cm³/mol. The molecular weight excluding hydrogens is 326 g/mol. The molecule has 1 heterocycles. The highest BCUT2D eigenvalue weighted by Crippen LogP contribution is 2.35. The van der Waals surface area contributed by atoms with Crippen molar-refractivity contribution in [3.63, 3.8) is 0 Å². The highest BCUT2D eigenvalue weighted by Gasteiger charge is 2.10. The molecule has 0 radical (unpaired) electrons. The average molecular weight is 332 g/mol. The Bertz CT molecular complexity index is 654. The quantitative estimate of drug-likeness (QED) is 0.688. The molecular formula is C13H6Cl4N2. The van der Waals surface area contributed by atoms with Gasteiger partial charge in [0.1, 0.15) is 0 Å². The van der Waals surface area contributed by atoms with Crippen molar-refractivity contribution in [1.82, 2.24) is 4.98 Å². The molecule has 6 heteroatoms. The van der Waals surface area contributed by atoms with E-state index in [9.17, 15) is 0 Å². The van der Waals surface area contributed by atoms with Crippen LogP contribution in [0.5, 0.6) is 0 Å². The van der Waals surface area contributed by atoms with E-state index in [1.54, 1.807) is 24.4 Å². The van der Waals surface area contributed by atoms with Gasteiger partial charge in [-0.2, -0.15) is 5.26 Å². The Morgan fingerprint density at radius 2 is 1.53 bits per heavy atom. The van der Waals surface area contributed by atoms with Crippen molar-refractivity contribution in [2.75, 3.05) is 0 Å². The topological polar surface area (TPSA) is 36.7 Å². The zero-order valence-corrected chi connectivity index (χ0v) is 12.4. The van der Waals surface area contributed by atoms with Crippen LogP contribution in [0.1, 0.15) is 5.69 Å². The normalized spacial score (nSPS) is 10.3. The van der Waals surface area contributed by atoms with Gasteiger partial charge in [0, 0.05) is 11.8 Å². The van der Waals surface area contributed by atoms with E-state index in [2.05, 4.69) is 4.98 Å². The van der Waals surface area contributed by atoms with Crippen LogP contribution in [0.25, 0.3) is 11.1 Å². The summed E-state index contributed by atoms with van der Waals surface area (Å²) < 4.78 is 0. The summed E-state index contributed by atoms with van der Waals surface area (Å²) in [6.45, 7) is 0. The Balaban J connectivity index is 2.49. The SMILES string of the molecule is N#CCc1ncc(-c2cc(Cl)c(Cl)c(Cl)c2)cc1Cl. The van der Waals surface area contributed by atoms with Gasteiger partial charge in [0.25, 0.3) is 0 Å². The summed E-state index contributed by atoms with van der Waals surface area (Å²) in [5, 5.41) is 10.1. The molecule has 0 aliphatic heterocycles. The molecule has 0 saturated carbocycles. The second kappa shape index (κ2) is 5.98. The molecule has 0 unspecified atom stereocenters. The second-order valence-corrected chi connectivity index (χ2v) is 5.34. The third-order valence-electron chi connectivity index (χ3n) is 2.48. The molecule has 1 aromatic carbocycles. The van der Waals surface area contributed by atoms with Gasteiger partial charge in [-0.1, -0.05) is 46.4 Å². The maximum atomic E-state index is 8.64. The van der Waals surface area contributed by atoms with Crippen LogP contribution < -0.4 is 0 Å².